The molecule has 0 spiro atoms. The molecule has 0 radical (unpaired) electrons. The molecule has 5 nitrogen and oxygen atoms in total. The molecule has 0 aliphatic rings. The summed E-state index contributed by atoms with van der Waals surface area (Å²) in [5.41, 5.74) is 0. The van der Waals surface area contributed by atoms with Gasteiger partial charge in [-0.3, -0.25) is 0 Å². The normalized spacial score (nSPS) is 12.7. The van der Waals surface area contributed by atoms with Gasteiger partial charge >= 0.3 is 0 Å². The molecule has 2 rings (SSSR count). The van der Waals surface area contributed by atoms with Crippen molar-refractivity contribution in [1.82, 2.24) is 9.97 Å². The van der Waals surface area contributed by atoms with E-state index in [1.54, 1.807) is 25.3 Å². The number of aromatic nitrogens is 2. The molecule has 0 aliphatic carbocycles. The lowest BCUT2D eigenvalue weighted by molar-refractivity contribution is 0.208. The van der Waals surface area contributed by atoms with Gasteiger partial charge < -0.3 is 15.7 Å². The predicted octanol–water partition coefficient (Wildman–Crippen LogP) is 2.09. The summed E-state index contributed by atoms with van der Waals surface area (Å²) < 4.78 is 0. The maximum atomic E-state index is 9.34. The first kappa shape index (κ1) is 13.0. The molecule has 0 aliphatic heterocycles. The third-order valence-corrected chi connectivity index (χ3v) is 3.75. The molecule has 98 valence electrons. The van der Waals surface area contributed by atoms with Gasteiger partial charge in [-0.05, 0) is 19.4 Å². The van der Waals surface area contributed by atoms with Crippen LogP contribution in [0.15, 0.2) is 6.07 Å². The maximum absolute atomic E-state index is 9.34. The lowest BCUT2D eigenvalue weighted by atomic mass is 10.3. The summed E-state index contributed by atoms with van der Waals surface area (Å²) in [6, 6.07) is 2.11. The standard InChI is InChI=1S/C12H18N4OS/c1-4-8-5-9-10(14-6-7(2)17)15-12(13-3)16-11(9)18-8/h5,7,17H,4,6H2,1-3H3,(H2,13,14,15,16). The number of aliphatic hydroxyl groups is 1. The van der Waals surface area contributed by atoms with Crippen LogP contribution in [-0.2, 0) is 6.42 Å². The van der Waals surface area contributed by atoms with Crippen LogP contribution in [0.2, 0.25) is 0 Å². The van der Waals surface area contributed by atoms with Crippen LogP contribution in [0.25, 0.3) is 10.2 Å². The van der Waals surface area contributed by atoms with Crippen molar-refractivity contribution in [2.24, 2.45) is 0 Å². The quantitative estimate of drug-likeness (QED) is 0.773. The van der Waals surface area contributed by atoms with Gasteiger partial charge in [0.1, 0.15) is 10.6 Å². The van der Waals surface area contributed by atoms with Gasteiger partial charge in [0.15, 0.2) is 0 Å². The van der Waals surface area contributed by atoms with Crippen molar-refractivity contribution in [3.05, 3.63) is 10.9 Å². The molecule has 0 aromatic carbocycles. The van der Waals surface area contributed by atoms with Crippen LogP contribution in [0.3, 0.4) is 0 Å². The molecule has 3 N–H and O–H groups in total. The van der Waals surface area contributed by atoms with E-state index in [1.165, 1.54) is 4.88 Å². The number of anilines is 2. The first-order valence-corrected chi connectivity index (χ1v) is 6.85. The Morgan fingerprint density at radius 1 is 1.44 bits per heavy atom. The highest BCUT2D eigenvalue weighted by Gasteiger charge is 2.11. The van der Waals surface area contributed by atoms with Crippen LogP contribution < -0.4 is 10.6 Å². The summed E-state index contributed by atoms with van der Waals surface area (Å²) >= 11 is 1.68. The first-order valence-electron chi connectivity index (χ1n) is 6.04. The van der Waals surface area contributed by atoms with Gasteiger partial charge in [-0.25, -0.2) is 4.98 Å². The van der Waals surface area contributed by atoms with Gasteiger partial charge in [-0.1, -0.05) is 6.92 Å². The average molecular weight is 266 g/mol. The Kier molecular flexibility index (Phi) is 3.98. The van der Waals surface area contributed by atoms with E-state index in [0.29, 0.717) is 12.5 Å². The molecule has 2 aromatic heterocycles. The number of fused-ring (bicyclic) bond motifs is 1. The number of rotatable bonds is 5. The molecule has 0 amide bonds. The fourth-order valence-corrected chi connectivity index (χ4v) is 2.60. The molecule has 1 atom stereocenters. The van der Waals surface area contributed by atoms with E-state index in [9.17, 15) is 5.11 Å². The van der Waals surface area contributed by atoms with E-state index >= 15 is 0 Å². The summed E-state index contributed by atoms with van der Waals surface area (Å²) in [6.45, 7) is 4.35. The molecule has 0 fully saturated rings. The number of hydrogen-bond donors (Lipinski definition) is 3. The number of nitrogens with zero attached hydrogens (tertiary/aromatic N) is 2. The molecule has 2 heterocycles. The lowest BCUT2D eigenvalue weighted by Gasteiger charge is -2.09. The Bertz CT molecular complexity index is 538. The van der Waals surface area contributed by atoms with Crippen molar-refractivity contribution in [2.45, 2.75) is 26.4 Å². The smallest absolute Gasteiger partial charge is 0.225 e. The minimum Gasteiger partial charge on any atom is -0.392 e. The second-order valence-corrected chi connectivity index (χ2v) is 5.28. The van der Waals surface area contributed by atoms with Gasteiger partial charge in [0.05, 0.1) is 11.5 Å². The molecule has 1 unspecified atom stereocenters. The van der Waals surface area contributed by atoms with E-state index in [4.69, 9.17) is 0 Å². The summed E-state index contributed by atoms with van der Waals surface area (Å²) in [7, 11) is 1.80. The molecule has 0 bridgehead atoms. The summed E-state index contributed by atoms with van der Waals surface area (Å²) in [4.78, 5) is 11.1. The molecule has 0 saturated carbocycles. The molecular formula is C12H18N4OS. The Balaban J connectivity index is 2.43. The fourth-order valence-electron chi connectivity index (χ4n) is 1.64. The minimum atomic E-state index is -0.405. The van der Waals surface area contributed by atoms with Crippen molar-refractivity contribution in [1.29, 1.82) is 0 Å². The van der Waals surface area contributed by atoms with E-state index in [-0.39, 0.29) is 0 Å². The summed E-state index contributed by atoms with van der Waals surface area (Å²) in [6.07, 6.45) is 0.587. The van der Waals surface area contributed by atoms with E-state index in [2.05, 4.69) is 33.6 Å². The SMILES string of the molecule is CCc1cc2c(NCC(C)O)nc(NC)nc2s1. The highest BCUT2D eigenvalue weighted by atomic mass is 32.1. The highest BCUT2D eigenvalue weighted by molar-refractivity contribution is 7.18. The van der Waals surface area contributed by atoms with E-state index in [1.807, 2.05) is 0 Å². The van der Waals surface area contributed by atoms with Crippen molar-refractivity contribution in [3.8, 4) is 0 Å². The van der Waals surface area contributed by atoms with Crippen LogP contribution in [0.4, 0.5) is 11.8 Å². The number of hydrogen-bond acceptors (Lipinski definition) is 6. The zero-order valence-electron chi connectivity index (χ0n) is 10.8. The topological polar surface area (TPSA) is 70.1 Å². The third kappa shape index (κ3) is 2.70. The molecule has 0 saturated heterocycles. The van der Waals surface area contributed by atoms with Gasteiger partial charge in [-0.2, -0.15) is 4.98 Å². The molecule has 18 heavy (non-hydrogen) atoms. The number of aryl methyl sites for hydroxylation is 1. The van der Waals surface area contributed by atoms with Crippen molar-refractivity contribution in [3.63, 3.8) is 0 Å². The Morgan fingerprint density at radius 3 is 2.83 bits per heavy atom. The number of thiophene rings is 1. The number of nitrogens with one attached hydrogen (secondary N) is 2. The number of aliphatic hydroxyl groups excluding tert-OH is 1. The average Bonchev–Trinajstić information content (AvgIpc) is 2.78. The van der Waals surface area contributed by atoms with Crippen LogP contribution in [-0.4, -0.2) is 34.8 Å². The maximum Gasteiger partial charge on any atom is 0.225 e. The zero-order chi connectivity index (χ0) is 13.1. The largest absolute Gasteiger partial charge is 0.392 e. The monoisotopic (exact) mass is 266 g/mol. The van der Waals surface area contributed by atoms with Gasteiger partial charge in [-0.15, -0.1) is 11.3 Å². The second-order valence-electron chi connectivity index (χ2n) is 4.16. The summed E-state index contributed by atoms with van der Waals surface area (Å²) in [5.74, 6) is 1.38. The first-order chi connectivity index (χ1) is 8.63. The van der Waals surface area contributed by atoms with Crippen LogP contribution in [0, 0.1) is 0 Å². The highest BCUT2D eigenvalue weighted by Crippen LogP contribution is 2.30. The van der Waals surface area contributed by atoms with Crippen molar-refractivity contribution in [2.75, 3.05) is 24.2 Å². The fraction of sp³-hybridized carbons (Fsp3) is 0.500. The Morgan fingerprint density at radius 2 is 2.22 bits per heavy atom. The Hall–Kier alpha value is -1.40. The molecule has 2 aromatic rings. The molecular weight excluding hydrogens is 248 g/mol. The van der Waals surface area contributed by atoms with Gasteiger partial charge in [0.25, 0.3) is 0 Å². The van der Waals surface area contributed by atoms with Gasteiger partial charge in [0, 0.05) is 18.5 Å². The van der Waals surface area contributed by atoms with Crippen LogP contribution in [0.5, 0.6) is 0 Å². The predicted molar refractivity (Wildman–Crippen MR) is 76.5 cm³/mol. The zero-order valence-corrected chi connectivity index (χ0v) is 11.6. The lowest BCUT2D eigenvalue weighted by Crippen LogP contribution is -2.16. The minimum absolute atomic E-state index is 0.405. The van der Waals surface area contributed by atoms with E-state index < -0.39 is 6.10 Å². The second kappa shape index (κ2) is 5.49. The van der Waals surface area contributed by atoms with Crippen LogP contribution in [0.1, 0.15) is 18.7 Å². The third-order valence-electron chi connectivity index (χ3n) is 2.58. The van der Waals surface area contributed by atoms with E-state index in [0.717, 1.165) is 22.5 Å². The Labute approximate surface area is 110 Å². The van der Waals surface area contributed by atoms with Crippen LogP contribution >= 0.6 is 11.3 Å². The molecule has 6 heteroatoms. The summed E-state index contributed by atoms with van der Waals surface area (Å²) in [5, 5.41) is 16.5. The van der Waals surface area contributed by atoms with Gasteiger partial charge in [0.2, 0.25) is 5.95 Å². The van der Waals surface area contributed by atoms with Crippen molar-refractivity contribution < 1.29 is 5.11 Å². The van der Waals surface area contributed by atoms with Crippen molar-refractivity contribution >= 4 is 33.3 Å².